The zero-order valence-electron chi connectivity index (χ0n) is 10.1. The number of thiophene rings is 1. The molecule has 0 aliphatic carbocycles. The van der Waals surface area contributed by atoms with Gasteiger partial charge in [0, 0.05) is 26.6 Å². The Balaban J connectivity index is 1.85. The normalized spacial score (nSPS) is 11.0. The first-order valence-electron chi connectivity index (χ1n) is 5.69. The lowest BCUT2D eigenvalue weighted by molar-refractivity contribution is 0.199. The van der Waals surface area contributed by atoms with Crippen LogP contribution in [0.25, 0.3) is 10.6 Å². The van der Waals surface area contributed by atoms with Gasteiger partial charge in [-0.3, -0.25) is 0 Å². The highest BCUT2D eigenvalue weighted by molar-refractivity contribution is 7.14. The molecule has 0 aliphatic rings. The van der Waals surface area contributed by atoms with Gasteiger partial charge in [-0.25, -0.2) is 4.98 Å². The minimum Gasteiger partial charge on any atom is -0.440 e. The van der Waals surface area contributed by atoms with E-state index in [1.165, 1.54) is 0 Å². The molecule has 2 rings (SSSR count). The number of nitrogens with one attached hydrogen (secondary N) is 1. The maximum Gasteiger partial charge on any atom is 0.196 e. The van der Waals surface area contributed by atoms with Crippen LogP contribution in [0.2, 0.25) is 5.02 Å². The lowest BCUT2D eigenvalue weighted by Crippen LogP contribution is -2.21. The monoisotopic (exact) mass is 286 g/mol. The molecule has 0 amide bonds. The molecule has 2 heterocycles. The molecule has 0 radical (unpaired) electrons. The summed E-state index contributed by atoms with van der Waals surface area (Å²) in [5.41, 5.74) is 0. The highest BCUT2D eigenvalue weighted by Crippen LogP contribution is 2.33. The minimum atomic E-state index is 0.709. The first kappa shape index (κ1) is 13.5. The van der Waals surface area contributed by atoms with Gasteiger partial charge in [-0.2, -0.15) is 0 Å². The van der Waals surface area contributed by atoms with E-state index < -0.39 is 0 Å². The third kappa shape index (κ3) is 3.55. The summed E-state index contributed by atoms with van der Waals surface area (Å²) in [5, 5.41) is 5.89. The Morgan fingerprint density at radius 2 is 2.39 bits per heavy atom. The van der Waals surface area contributed by atoms with Crippen LogP contribution in [0.3, 0.4) is 0 Å². The summed E-state index contributed by atoms with van der Waals surface area (Å²) < 4.78 is 10.6. The van der Waals surface area contributed by atoms with E-state index in [4.69, 9.17) is 20.8 Å². The van der Waals surface area contributed by atoms with Gasteiger partial charge in [-0.05, 0) is 11.4 Å². The van der Waals surface area contributed by atoms with Crippen LogP contribution in [-0.2, 0) is 11.2 Å². The van der Waals surface area contributed by atoms with Gasteiger partial charge < -0.3 is 14.5 Å². The molecular weight excluding hydrogens is 272 g/mol. The van der Waals surface area contributed by atoms with Crippen LogP contribution in [0.1, 0.15) is 5.89 Å². The van der Waals surface area contributed by atoms with Gasteiger partial charge in [0.05, 0.1) is 22.7 Å². The number of hydrogen-bond donors (Lipinski definition) is 1. The van der Waals surface area contributed by atoms with E-state index in [1.54, 1.807) is 24.6 Å². The first-order valence-corrected chi connectivity index (χ1v) is 6.94. The number of halogens is 1. The highest BCUT2D eigenvalue weighted by Gasteiger charge is 2.10. The Kier molecular flexibility index (Phi) is 5.19. The number of methoxy groups -OCH3 is 1. The van der Waals surface area contributed by atoms with Crippen molar-refractivity contribution in [1.29, 1.82) is 0 Å². The second kappa shape index (κ2) is 6.89. The van der Waals surface area contributed by atoms with Gasteiger partial charge in [-0.1, -0.05) is 11.6 Å². The molecule has 0 unspecified atom stereocenters. The summed E-state index contributed by atoms with van der Waals surface area (Å²) in [7, 11) is 1.69. The predicted molar refractivity (Wildman–Crippen MR) is 73.3 cm³/mol. The Hall–Kier alpha value is -0.880. The van der Waals surface area contributed by atoms with Crippen LogP contribution in [0.5, 0.6) is 0 Å². The van der Waals surface area contributed by atoms with Crippen molar-refractivity contribution < 1.29 is 9.15 Å². The molecule has 0 spiro atoms. The molecule has 0 aliphatic heterocycles. The largest absolute Gasteiger partial charge is 0.440 e. The summed E-state index contributed by atoms with van der Waals surface area (Å²) in [4.78, 5) is 5.17. The van der Waals surface area contributed by atoms with Crippen molar-refractivity contribution in [1.82, 2.24) is 10.3 Å². The second-order valence-corrected chi connectivity index (χ2v) is 5.03. The molecule has 2 aromatic heterocycles. The number of ether oxygens (including phenoxy) is 1. The van der Waals surface area contributed by atoms with Gasteiger partial charge in [0.1, 0.15) is 0 Å². The molecule has 0 bridgehead atoms. The van der Waals surface area contributed by atoms with Gasteiger partial charge in [0.25, 0.3) is 0 Å². The summed E-state index contributed by atoms with van der Waals surface area (Å²) >= 11 is 7.59. The molecule has 1 N–H and O–H groups in total. The zero-order valence-corrected chi connectivity index (χ0v) is 11.7. The molecule has 4 nitrogen and oxygen atoms in total. The molecule has 18 heavy (non-hydrogen) atoms. The third-order valence-corrected chi connectivity index (χ3v) is 3.75. The van der Waals surface area contributed by atoms with E-state index in [0.29, 0.717) is 11.6 Å². The van der Waals surface area contributed by atoms with Crippen molar-refractivity contribution in [2.45, 2.75) is 6.42 Å². The van der Waals surface area contributed by atoms with Crippen LogP contribution in [0, 0.1) is 0 Å². The van der Waals surface area contributed by atoms with Gasteiger partial charge >= 0.3 is 0 Å². The number of rotatable bonds is 7. The average Bonchev–Trinajstić information content (AvgIpc) is 2.97. The highest BCUT2D eigenvalue weighted by atomic mass is 35.5. The van der Waals surface area contributed by atoms with Gasteiger partial charge in [0.2, 0.25) is 0 Å². The van der Waals surface area contributed by atoms with E-state index >= 15 is 0 Å². The molecule has 0 aromatic carbocycles. The standard InChI is InChI=1S/C12H15ClN2O2S/c1-16-6-5-14-4-2-11-15-8-10(17-11)12-9(13)3-7-18-12/h3,7-8,14H,2,4-6H2,1H3. The fourth-order valence-corrected chi connectivity index (χ4v) is 2.59. The maximum absolute atomic E-state index is 6.04. The fraction of sp³-hybridized carbons (Fsp3) is 0.417. The van der Waals surface area contributed by atoms with Crippen LogP contribution < -0.4 is 5.32 Å². The number of nitrogens with zero attached hydrogens (tertiary/aromatic N) is 1. The molecule has 2 aromatic rings. The van der Waals surface area contributed by atoms with E-state index in [-0.39, 0.29) is 0 Å². The summed E-state index contributed by atoms with van der Waals surface area (Å²) in [6.07, 6.45) is 2.48. The molecule has 0 fully saturated rings. The van der Waals surface area contributed by atoms with Crippen molar-refractivity contribution in [3.8, 4) is 10.6 Å². The third-order valence-electron chi connectivity index (χ3n) is 2.39. The van der Waals surface area contributed by atoms with Crippen molar-refractivity contribution in [3.63, 3.8) is 0 Å². The predicted octanol–water partition coefficient (Wildman–Crippen LogP) is 2.84. The topological polar surface area (TPSA) is 47.3 Å². The average molecular weight is 287 g/mol. The van der Waals surface area contributed by atoms with Crippen LogP contribution in [0.4, 0.5) is 0 Å². The van der Waals surface area contributed by atoms with Crippen molar-refractivity contribution >= 4 is 22.9 Å². The quantitative estimate of drug-likeness (QED) is 0.795. The van der Waals surface area contributed by atoms with Crippen molar-refractivity contribution in [2.24, 2.45) is 0 Å². The lowest BCUT2D eigenvalue weighted by atomic mass is 10.4. The molecule has 0 saturated carbocycles. The second-order valence-electron chi connectivity index (χ2n) is 3.71. The van der Waals surface area contributed by atoms with Crippen LogP contribution in [0.15, 0.2) is 22.1 Å². The maximum atomic E-state index is 6.04. The fourth-order valence-electron chi connectivity index (χ4n) is 1.49. The number of oxazole rings is 1. The molecule has 6 heteroatoms. The van der Waals surface area contributed by atoms with Crippen LogP contribution >= 0.6 is 22.9 Å². The molecule has 98 valence electrons. The zero-order chi connectivity index (χ0) is 12.8. The molecule has 0 atom stereocenters. The minimum absolute atomic E-state index is 0.709. The number of hydrogen-bond acceptors (Lipinski definition) is 5. The van der Waals surface area contributed by atoms with Crippen LogP contribution in [-0.4, -0.2) is 31.8 Å². The van der Waals surface area contributed by atoms with Crippen molar-refractivity contribution in [2.75, 3.05) is 26.8 Å². The Bertz CT molecular complexity index is 484. The number of aromatic nitrogens is 1. The molecule has 0 saturated heterocycles. The Labute approximate surface area is 115 Å². The summed E-state index contributed by atoms with van der Waals surface area (Å²) in [6, 6.07) is 1.86. The Morgan fingerprint density at radius 3 is 3.11 bits per heavy atom. The van der Waals surface area contributed by atoms with Gasteiger partial charge in [0.15, 0.2) is 11.7 Å². The van der Waals surface area contributed by atoms with E-state index in [1.807, 2.05) is 11.4 Å². The summed E-state index contributed by atoms with van der Waals surface area (Å²) in [6.45, 7) is 2.37. The van der Waals surface area contributed by atoms with Gasteiger partial charge in [-0.15, -0.1) is 11.3 Å². The Morgan fingerprint density at radius 1 is 1.50 bits per heavy atom. The smallest absolute Gasteiger partial charge is 0.196 e. The lowest BCUT2D eigenvalue weighted by Gasteiger charge is -2.01. The van der Waals surface area contributed by atoms with Crippen molar-refractivity contribution in [3.05, 3.63) is 28.6 Å². The SMILES string of the molecule is COCCNCCc1ncc(-c2sccc2Cl)o1. The molecular formula is C12H15ClN2O2S. The first-order chi connectivity index (χ1) is 8.81. The van der Waals surface area contributed by atoms with E-state index in [0.717, 1.165) is 36.0 Å². The van der Waals surface area contributed by atoms with E-state index in [2.05, 4.69) is 10.3 Å². The van der Waals surface area contributed by atoms with E-state index in [9.17, 15) is 0 Å². The summed E-state index contributed by atoms with van der Waals surface area (Å²) in [5.74, 6) is 1.46.